The number of rotatable bonds is 2. The van der Waals surface area contributed by atoms with Crippen LogP contribution in [-0.2, 0) is 31.1 Å². The second kappa shape index (κ2) is 8.37. The maximum Gasteiger partial charge on any atom is 0.0215 e. The molecule has 1 saturated carbocycles. The largest absolute Gasteiger partial charge is 0.0617 e. The summed E-state index contributed by atoms with van der Waals surface area (Å²) in [5, 5.41) is 0. The molecule has 0 heteroatoms. The monoisotopic (exact) mass is 586 g/mol. The minimum absolute atomic E-state index is 0.128. The van der Waals surface area contributed by atoms with Crippen molar-refractivity contribution in [2.24, 2.45) is 0 Å². The molecule has 0 aliphatic heterocycles. The zero-order valence-electron chi connectivity index (χ0n) is 26.1. The molecule has 6 aliphatic carbocycles. The predicted molar refractivity (Wildman–Crippen MR) is 189 cm³/mol. The fraction of sp³-hybridized carbons (Fsp3) is 0.217. The Morgan fingerprint density at radius 2 is 0.739 bits per heavy atom. The summed E-state index contributed by atoms with van der Waals surface area (Å²) < 4.78 is 0. The molecule has 46 heavy (non-hydrogen) atoms. The maximum absolute atomic E-state index is 2.61. The molecule has 0 heterocycles. The molecule has 6 aromatic rings. The lowest BCUT2D eigenvalue weighted by molar-refractivity contribution is 0.353. The van der Waals surface area contributed by atoms with Crippen molar-refractivity contribution in [3.05, 3.63) is 153 Å². The molecule has 1 fully saturated rings. The van der Waals surface area contributed by atoms with Crippen molar-refractivity contribution >= 4 is 0 Å². The minimum Gasteiger partial charge on any atom is -0.0617 e. The molecule has 0 saturated heterocycles. The second-order valence-electron chi connectivity index (χ2n) is 15.1. The minimum atomic E-state index is 0.128. The van der Waals surface area contributed by atoms with E-state index in [2.05, 4.69) is 97.1 Å². The number of benzene rings is 6. The van der Waals surface area contributed by atoms with Gasteiger partial charge in [-0.3, -0.25) is 0 Å². The van der Waals surface area contributed by atoms with Gasteiger partial charge in [-0.2, -0.15) is 0 Å². The van der Waals surface area contributed by atoms with Gasteiger partial charge in [-0.15, -0.1) is 0 Å². The Morgan fingerprint density at radius 1 is 0.348 bits per heavy atom. The summed E-state index contributed by atoms with van der Waals surface area (Å²) in [5.74, 6) is 0. The summed E-state index contributed by atoms with van der Waals surface area (Å²) in [4.78, 5) is 0. The first-order valence-electron chi connectivity index (χ1n) is 17.6. The quantitative estimate of drug-likeness (QED) is 0.189. The molecular formula is C46H34. The average Bonchev–Trinajstić information content (AvgIpc) is 3.90. The third-order valence-electron chi connectivity index (χ3n) is 12.8. The van der Waals surface area contributed by atoms with Gasteiger partial charge in [-0.05, 0) is 162 Å². The summed E-state index contributed by atoms with van der Waals surface area (Å²) >= 11 is 0. The number of hydrogen-bond acceptors (Lipinski definition) is 0. The van der Waals surface area contributed by atoms with Crippen molar-refractivity contribution in [1.82, 2.24) is 0 Å². The van der Waals surface area contributed by atoms with E-state index < -0.39 is 0 Å². The number of hydrogen-bond donors (Lipinski definition) is 0. The predicted octanol–water partition coefficient (Wildman–Crippen LogP) is 11.2. The molecule has 0 atom stereocenters. The summed E-state index contributed by atoms with van der Waals surface area (Å²) in [5.41, 5.74) is 30.3. The zero-order chi connectivity index (χ0) is 29.7. The summed E-state index contributed by atoms with van der Waals surface area (Å²) in [6, 6.07) is 38.9. The molecule has 0 N–H and O–H groups in total. The summed E-state index contributed by atoms with van der Waals surface area (Å²) in [6.07, 6.45) is 10.9. The summed E-state index contributed by atoms with van der Waals surface area (Å²) in [6.45, 7) is 0. The van der Waals surface area contributed by atoms with Crippen molar-refractivity contribution in [3.8, 4) is 55.6 Å². The van der Waals surface area contributed by atoms with Crippen molar-refractivity contribution in [2.45, 2.75) is 63.2 Å². The van der Waals surface area contributed by atoms with Gasteiger partial charge in [0.1, 0.15) is 0 Å². The van der Waals surface area contributed by atoms with E-state index >= 15 is 0 Å². The van der Waals surface area contributed by atoms with E-state index in [0.29, 0.717) is 0 Å². The van der Waals surface area contributed by atoms with Crippen molar-refractivity contribution in [3.63, 3.8) is 0 Å². The molecule has 0 unspecified atom stereocenters. The topological polar surface area (TPSA) is 0 Å². The molecule has 0 radical (unpaired) electrons. The van der Waals surface area contributed by atoms with Crippen LogP contribution in [-0.4, -0.2) is 0 Å². The average molecular weight is 587 g/mol. The van der Waals surface area contributed by atoms with E-state index in [-0.39, 0.29) is 5.41 Å². The van der Waals surface area contributed by atoms with Crippen LogP contribution in [0.5, 0.6) is 0 Å². The van der Waals surface area contributed by atoms with Gasteiger partial charge in [-0.25, -0.2) is 0 Å². The Morgan fingerprint density at radius 3 is 1.15 bits per heavy atom. The lowest BCUT2D eigenvalue weighted by atomic mass is 9.67. The second-order valence-corrected chi connectivity index (χ2v) is 15.1. The molecule has 12 rings (SSSR count). The van der Waals surface area contributed by atoms with Gasteiger partial charge < -0.3 is 0 Å². The molecule has 6 aromatic carbocycles. The summed E-state index contributed by atoms with van der Waals surface area (Å²) in [7, 11) is 0. The van der Waals surface area contributed by atoms with Crippen LogP contribution in [0.15, 0.2) is 97.1 Å². The van der Waals surface area contributed by atoms with Gasteiger partial charge in [0.25, 0.3) is 0 Å². The van der Waals surface area contributed by atoms with Crippen LogP contribution in [0.2, 0.25) is 0 Å². The fourth-order valence-electron chi connectivity index (χ4n) is 11.0. The Bertz CT molecular complexity index is 2140. The first-order valence-corrected chi connectivity index (χ1v) is 17.6. The first kappa shape index (κ1) is 24.5. The van der Waals surface area contributed by atoms with Crippen molar-refractivity contribution < 1.29 is 0 Å². The number of fused-ring (bicyclic) bond motifs is 5. The van der Waals surface area contributed by atoms with E-state index in [1.54, 1.807) is 33.4 Å². The van der Waals surface area contributed by atoms with Crippen molar-refractivity contribution in [2.75, 3.05) is 0 Å². The van der Waals surface area contributed by atoms with Crippen LogP contribution in [0.3, 0.4) is 0 Å². The van der Waals surface area contributed by atoms with E-state index in [9.17, 15) is 0 Å². The standard InChI is InChI=1S/C46H34/c1-2-14-46(15-3-1)40-24-26(32-20-34-16-28-6-4-7-29-17-35(21-32)44(34)42(28)29)10-12-38(40)39-13-11-27(25-41(39)46)33-22-36-18-30-8-5-9-31-19-37(23-33)45(36)43(30)31/h4-13,20-25H,1-3,14-19H2. The third kappa shape index (κ3) is 2.97. The SMILES string of the molecule is c1cc2c3c(c1)Cc1cc(-c4ccc5c(c4)C4(CCCCC4)c4cc(-c6cc7c8c(c6)Cc6cccc(c6-8)C7)ccc4-5)cc(c1-3)C2. The molecule has 6 aliphatic rings. The van der Waals surface area contributed by atoms with Gasteiger partial charge in [0.15, 0.2) is 0 Å². The highest BCUT2D eigenvalue weighted by Gasteiger charge is 2.44. The highest BCUT2D eigenvalue weighted by Crippen LogP contribution is 2.58. The van der Waals surface area contributed by atoms with Gasteiger partial charge in [0, 0.05) is 5.41 Å². The molecular weight excluding hydrogens is 553 g/mol. The smallest absolute Gasteiger partial charge is 0.0215 e. The van der Waals surface area contributed by atoms with E-state index in [1.807, 2.05) is 0 Å². The fourth-order valence-corrected chi connectivity index (χ4v) is 11.0. The normalized spacial score (nSPS) is 17.4. The Hall–Kier alpha value is -4.68. The van der Waals surface area contributed by atoms with Gasteiger partial charge >= 0.3 is 0 Å². The van der Waals surface area contributed by atoms with E-state index in [0.717, 1.165) is 25.7 Å². The van der Waals surface area contributed by atoms with Gasteiger partial charge in [0.2, 0.25) is 0 Å². The van der Waals surface area contributed by atoms with Crippen LogP contribution in [0.4, 0.5) is 0 Å². The van der Waals surface area contributed by atoms with Gasteiger partial charge in [0.05, 0.1) is 0 Å². The Kier molecular flexibility index (Phi) is 4.46. The molecule has 1 spiro atoms. The molecule has 0 bridgehead atoms. The lowest BCUT2D eigenvalue weighted by Crippen LogP contribution is -2.28. The Labute approximate surface area is 270 Å². The highest BCUT2D eigenvalue weighted by atomic mass is 14.5. The van der Waals surface area contributed by atoms with Crippen LogP contribution >= 0.6 is 0 Å². The highest BCUT2D eigenvalue weighted by molar-refractivity contribution is 5.92. The van der Waals surface area contributed by atoms with E-state index in [4.69, 9.17) is 0 Å². The lowest BCUT2D eigenvalue weighted by Gasteiger charge is -2.36. The third-order valence-corrected chi connectivity index (χ3v) is 12.8. The van der Waals surface area contributed by atoms with Gasteiger partial charge in [-0.1, -0.05) is 104 Å². The van der Waals surface area contributed by atoms with E-state index in [1.165, 1.54) is 110 Å². The zero-order valence-corrected chi connectivity index (χ0v) is 26.1. The molecule has 0 amide bonds. The molecule has 0 aromatic heterocycles. The van der Waals surface area contributed by atoms with Crippen LogP contribution in [0.1, 0.15) is 87.7 Å². The van der Waals surface area contributed by atoms with Crippen LogP contribution in [0, 0.1) is 0 Å². The van der Waals surface area contributed by atoms with Crippen molar-refractivity contribution in [1.29, 1.82) is 0 Å². The Balaban J connectivity index is 0.978. The van der Waals surface area contributed by atoms with Crippen LogP contribution in [0.25, 0.3) is 55.6 Å². The van der Waals surface area contributed by atoms with Crippen LogP contribution < -0.4 is 0 Å². The molecule has 0 nitrogen and oxygen atoms in total. The molecule has 218 valence electrons. The maximum atomic E-state index is 2.61. The first-order chi connectivity index (χ1) is 22.7.